The fourth-order valence-electron chi connectivity index (χ4n) is 6.36. The lowest BCUT2D eigenvalue weighted by molar-refractivity contribution is 0.0767. The van der Waals surface area contributed by atoms with Crippen LogP contribution in [0, 0.1) is 5.92 Å². The molecule has 0 unspecified atom stereocenters. The number of nitrogens with one attached hydrogen (secondary N) is 1. The molecule has 1 saturated carbocycles. The number of hydrogen-bond acceptors (Lipinski definition) is 9. The number of carbonyl (C=O) groups excluding carboxylic acids is 1. The van der Waals surface area contributed by atoms with Crippen LogP contribution in [-0.4, -0.2) is 94.9 Å². The average Bonchev–Trinajstić information content (AvgIpc) is 3.47. The lowest BCUT2D eigenvalue weighted by Crippen LogP contribution is -2.49. The standard InChI is InChI=1S/C34H40ClN7O4/c1-44-32-26(30-27(35)20-28-31(38-30)39-33(36-28)46-25-8-5-9-25)10-11-29(37-32)41-18-16-40(17-19-41)21-23-12-14-42(15-13-23)34(43)45-22-24-6-3-2-4-7-24/h2-4,6-7,10-11,20,23,25H,5,8-9,12-19,21-22H2,1H3,(H,36,38,39). The van der Waals surface area contributed by atoms with E-state index in [1.54, 1.807) is 7.11 Å². The predicted octanol–water partition coefficient (Wildman–Crippen LogP) is 5.78. The summed E-state index contributed by atoms with van der Waals surface area (Å²) in [4.78, 5) is 36.6. The van der Waals surface area contributed by atoms with E-state index in [1.165, 1.54) is 6.42 Å². The molecule has 3 aliphatic rings. The lowest BCUT2D eigenvalue weighted by atomic mass is 9.96. The molecule has 3 aromatic heterocycles. The zero-order chi connectivity index (χ0) is 31.5. The number of pyridine rings is 2. The number of anilines is 1. The second-order valence-corrected chi connectivity index (χ2v) is 12.8. The van der Waals surface area contributed by atoms with Gasteiger partial charge in [-0.3, -0.25) is 4.90 Å². The molecule has 1 amide bonds. The van der Waals surface area contributed by atoms with Gasteiger partial charge in [-0.2, -0.15) is 9.97 Å². The number of halogens is 1. The number of aromatic amines is 1. The van der Waals surface area contributed by atoms with Gasteiger partial charge in [0.25, 0.3) is 6.01 Å². The summed E-state index contributed by atoms with van der Waals surface area (Å²) in [6, 6.07) is 16.1. The Balaban J connectivity index is 0.914. The zero-order valence-electron chi connectivity index (χ0n) is 26.2. The normalized spacial score (nSPS) is 18.0. The van der Waals surface area contributed by atoms with Crippen LogP contribution < -0.4 is 14.4 Å². The van der Waals surface area contributed by atoms with Gasteiger partial charge in [0, 0.05) is 45.8 Å². The van der Waals surface area contributed by atoms with Gasteiger partial charge in [0.1, 0.15) is 18.5 Å². The number of hydrogen-bond donors (Lipinski definition) is 1. The molecular formula is C34H40ClN7O4. The van der Waals surface area contributed by atoms with Gasteiger partial charge in [-0.05, 0) is 61.8 Å². The number of H-pyrrole nitrogens is 1. The first-order chi connectivity index (χ1) is 22.5. The molecule has 11 nitrogen and oxygen atoms in total. The third-order valence-electron chi connectivity index (χ3n) is 9.32. The van der Waals surface area contributed by atoms with Crippen LogP contribution in [0.1, 0.15) is 37.7 Å². The number of benzene rings is 1. The molecule has 5 heterocycles. The van der Waals surface area contributed by atoms with E-state index in [4.69, 9.17) is 35.8 Å². The van der Waals surface area contributed by atoms with E-state index in [9.17, 15) is 4.79 Å². The SMILES string of the molecule is COc1nc(N2CCN(CC3CCN(C(=O)OCc4ccccc4)CC3)CC2)ccc1-c1nc2nc(OC3CCC3)[nH]c2cc1Cl. The van der Waals surface area contributed by atoms with E-state index >= 15 is 0 Å². The number of imidazole rings is 1. The molecule has 46 heavy (non-hydrogen) atoms. The molecule has 2 saturated heterocycles. The Hall–Kier alpha value is -4.09. The molecule has 1 aromatic carbocycles. The van der Waals surface area contributed by atoms with Crippen LogP contribution in [0.3, 0.4) is 0 Å². The van der Waals surface area contributed by atoms with Crippen molar-refractivity contribution in [3.63, 3.8) is 0 Å². The molecule has 2 aliphatic heterocycles. The Morgan fingerprint density at radius 3 is 2.46 bits per heavy atom. The molecule has 1 N–H and O–H groups in total. The molecule has 0 radical (unpaired) electrons. The van der Waals surface area contributed by atoms with Crippen LogP contribution in [-0.2, 0) is 11.3 Å². The number of nitrogens with zero attached hydrogens (tertiary/aromatic N) is 6. The number of fused-ring (bicyclic) bond motifs is 1. The molecule has 12 heteroatoms. The summed E-state index contributed by atoms with van der Waals surface area (Å²) in [7, 11) is 1.62. The molecule has 4 aromatic rings. The van der Waals surface area contributed by atoms with Crippen LogP contribution in [0.4, 0.5) is 10.6 Å². The van der Waals surface area contributed by atoms with Crippen LogP contribution in [0.15, 0.2) is 48.5 Å². The van der Waals surface area contributed by atoms with Gasteiger partial charge < -0.3 is 29.0 Å². The summed E-state index contributed by atoms with van der Waals surface area (Å²) < 4.78 is 17.2. The largest absolute Gasteiger partial charge is 0.480 e. The van der Waals surface area contributed by atoms with Crippen molar-refractivity contribution in [1.29, 1.82) is 0 Å². The third-order valence-corrected chi connectivity index (χ3v) is 9.61. The fourth-order valence-corrected chi connectivity index (χ4v) is 6.62. The van der Waals surface area contributed by atoms with E-state index in [0.717, 1.165) is 94.0 Å². The van der Waals surface area contributed by atoms with Gasteiger partial charge in [-0.15, -0.1) is 0 Å². The van der Waals surface area contributed by atoms with Crippen molar-refractivity contribution in [3.8, 4) is 23.1 Å². The minimum absolute atomic E-state index is 0.215. The monoisotopic (exact) mass is 645 g/mol. The number of piperazine rings is 1. The van der Waals surface area contributed by atoms with Gasteiger partial charge >= 0.3 is 6.09 Å². The van der Waals surface area contributed by atoms with Crippen molar-refractivity contribution in [2.75, 3.05) is 57.8 Å². The van der Waals surface area contributed by atoms with Crippen LogP contribution in [0.2, 0.25) is 5.02 Å². The van der Waals surface area contributed by atoms with Crippen molar-refractivity contribution in [2.24, 2.45) is 5.92 Å². The molecule has 3 fully saturated rings. The van der Waals surface area contributed by atoms with E-state index in [0.29, 0.717) is 40.8 Å². The molecule has 1 aliphatic carbocycles. The van der Waals surface area contributed by atoms with Crippen LogP contribution >= 0.6 is 11.6 Å². The van der Waals surface area contributed by atoms with E-state index in [1.807, 2.05) is 53.4 Å². The van der Waals surface area contributed by atoms with E-state index in [-0.39, 0.29) is 12.2 Å². The smallest absolute Gasteiger partial charge is 0.410 e. The van der Waals surface area contributed by atoms with Crippen LogP contribution in [0.25, 0.3) is 22.4 Å². The maximum atomic E-state index is 12.6. The molecule has 0 spiro atoms. The minimum atomic E-state index is -0.215. The number of amides is 1. The highest BCUT2D eigenvalue weighted by atomic mass is 35.5. The van der Waals surface area contributed by atoms with Gasteiger partial charge in [-0.1, -0.05) is 41.9 Å². The van der Waals surface area contributed by atoms with Crippen molar-refractivity contribution < 1.29 is 19.0 Å². The average molecular weight is 646 g/mol. The first-order valence-electron chi connectivity index (χ1n) is 16.2. The highest BCUT2D eigenvalue weighted by molar-refractivity contribution is 6.33. The second-order valence-electron chi connectivity index (χ2n) is 12.4. The molecular weight excluding hydrogens is 606 g/mol. The predicted molar refractivity (Wildman–Crippen MR) is 177 cm³/mol. The van der Waals surface area contributed by atoms with Crippen molar-refractivity contribution >= 4 is 34.7 Å². The number of carbonyl (C=O) groups is 1. The van der Waals surface area contributed by atoms with E-state index < -0.39 is 0 Å². The number of ether oxygens (including phenoxy) is 3. The Bertz CT molecular complexity index is 1650. The van der Waals surface area contributed by atoms with Crippen molar-refractivity contribution in [2.45, 2.75) is 44.8 Å². The Morgan fingerprint density at radius 2 is 1.74 bits per heavy atom. The molecule has 7 rings (SSSR count). The highest BCUT2D eigenvalue weighted by Crippen LogP contribution is 2.36. The zero-order valence-corrected chi connectivity index (χ0v) is 26.9. The maximum Gasteiger partial charge on any atom is 0.410 e. The Kier molecular flexibility index (Phi) is 9.12. The quantitative estimate of drug-likeness (QED) is 0.242. The summed E-state index contributed by atoms with van der Waals surface area (Å²) in [5.41, 5.74) is 3.58. The Labute approximate surface area is 273 Å². The maximum absolute atomic E-state index is 12.6. The number of methoxy groups -OCH3 is 1. The topological polar surface area (TPSA) is 109 Å². The third kappa shape index (κ3) is 6.85. The molecule has 242 valence electrons. The van der Waals surface area contributed by atoms with Gasteiger partial charge in [0.05, 0.1) is 28.9 Å². The highest BCUT2D eigenvalue weighted by Gasteiger charge is 2.28. The first kappa shape index (κ1) is 30.6. The van der Waals surface area contributed by atoms with Crippen LogP contribution in [0.5, 0.6) is 11.9 Å². The molecule has 0 atom stereocenters. The summed E-state index contributed by atoms with van der Waals surface area (Å²) in [6.45, 7) is 6.52. The lowest BCUT2D eigenvalue weighted by Gasteiger charge is -2.39. The second kappa shape index (κ2) is 13.7. The van der Waals surface area contributed by atoms with E-state index in [2.05, 4.69) is 19.8 Å². The van der Waals surface area contributed by atoms with Crippen molar-refractivity contribution in [1.82, 2.24) is 29.7 Å². The number of piperidine rings is 1. The summed E-state index contributed by atoms with van der Waals surface area (Å²) in [5, 5.41) is 0.489. The number of rotatable bonds is 9. The summed E-state index contributed by atoms with van der Waals surface area (Å²) >= 11 is 6.69. The fraction of sp³-hybridized carbons (Fsp3) is 0.471. The minimum Gasteiger partial charge on any atom is -0.480 e. The van der Waals surface area contributed by atoms with Gasteiger partial charge in [0.2, 0.25) is 5.88 Å². The van der Waals surface area contributed by atoms with Crippen molar-refractivity contribution in [3.05, 3.63) is 59.1 Å². The van der Waals surface area contributed by atoms with Gasteiger partial charge in [-0.25, -0.2) is 9.78 Å². The first-order valence-corrected chi connectivity index (χ1v) is 16.6. The number of aromatic nitrogens is 4. The summed E-state index contributed by atoms with van der Waals surface area (Å²) in [5.74, 6) is 1.92. The van der Waals surface area contributed by atoms with Gasteiger partial charge in [0.15, 0.2) is 5.65 Å². The summed E-state index contributed by atoms with van der Waals surface area (Å²) in [6.07, 6.45) is 5.29. The molecule has 0 bridgehead atoms. The number of likely N-dealkylation sites (tertiary alicyclic amines) is 1. The Morgan fingerprint density at radius 1 is 0.957 bits per heavy atom.